The summed E-state index contributed by atoms with van der Waals surface area (Å²) in [7, 11) is -3.77. The van der Waals surface area contributed by atoms with Gasteiger partial charge in [-0.1, -0.05) is 155 Å². The number of hydrogen-bond acceptors (Lipinski definition) is 21. The molecule has 0 heterocycles. The second-order valence-electron chi connectivity index (χ2n) is 29.8. The van der Waals surface area contributed by atoms with Gasteiger partial charge in [-0.05, 0) is 182 Å². The zero-order valence-corrected chi connectivity index (χ0v) is 71.6. The van der Waals surface area contributed by atoms with Crippen LogP contribution in [0.2, 0.25) is 36.3 Å². The van der Waals surface area contributed by atoms with E-state index in [1.54, 1.807) is 69.2 Å². The highest BCUT2D eigenvalue weighted by atomic mass is 79.9. The lowest BCUT2D eigenvalue weighted by Gasteiger charge is -2.37. The fourth-order valence-corrected chi connectivity index (χ4v) is 9.75. The summed E-state index contributed by atoms with van der Waals surface area (Å²) in [6.45, 7) is 52.0. The van der Waals surface area contributed by atoms with Crippen LogP contribution < -0.4 is 0 Å². The molecule has 0 fully saturated rings. The normalized spacial score (nSPS) is 12.4. The molecule has 3 atom stereocenters. The molecule has 0 aliphatic rings. The summed E-state index contributed by atoms with van der Waals surface area (Å²) in [5, 5.41) is 19.6. The molecule has 0 bridgehead atoms. The maximum absolute atomic E-state index is 12.4. The highest BCUT2D eigenvalue weighted by molar-refractivity contribution is 9.09. The van der Waals surface area contributed by atoms with Crippen molar-refractivity contribution in [3.05, 3.63) is 108 Å². The number of rotatable bonds is 39. The van der Waals surface area contributed by atoms with Gasteiger partial charge in [0.05, 0.1) is 86.9 Å². The first-order valence-corrected chi connectivity index (χ1v) is 43.7. The van der Waals surface area contributed by atoms with E-state index >= 15 is 0 Å². The van der Waals surface area contributed by atoms with Crippen molar-refractivity contribution in [3.8, 4) is 0 Å². The van der Waals surface area contributed by atoms with Gasteiger partial charge >= 0.3 is 41.8 Å². The average molecular weight is 1570 g/mol. The molecular formula is C80H137BrO21Si2. The van der Waals surface area contributed by atoms with E-state index in [2.05, 4.69) is 90.6 Å². The second-order valence-corrected chi connectivity index (χ2v) is 40.2. The van der Waals surface area contributed by atoms with Gasteiger partial charge in [0.1, 0.15) is 6.42 Å². The summed E-state index contributed by atoms with van der Waals surface area (Å²) < 4.78 is 64.6. The van der Waals surface area contributed by atoms with Crippen LogP contribution in [-0.4, -0.2) is 163 Å². The van der Waals surface area contributed by atoms with Crippen molar-refractivity contribution in [1.82, 2.24) is 0 Å². The first-order valence-electron chi connectivity index (χ1n) is 36.7. The largest absolute Gasteiger partial charge is 0.463 e. The molecule has 0 saturated heterocycles. The third-order valence-electron chi connectivity index (χ3n) is 15.2. The van der Waals surface area contributed by atoms with Gasteiger partial charge in [0.15, 0.2) is 22.6 Å². The predicted octanol–water partition coefficient (Wildman–Crippen LogP) is 16.5. The summed E-state index contributed by atoms with van der Waals surface area (Å²) in [6.07, 6.45) is 1.27. The average Bonchev–Trinajstić information content (AvgIpc) is 0.852. The molecule has 0 aliphatic heterocycles. The van der Waals surface area contributed by atoms with Crippen LogP contribution in [0.3, 0.4) is 0 Å². The van der Waals surface area contributed by atoms with Crippen molar-refractivity contribution in [2.75, 3.05) is 51.6 Å². The van der Waals surface area contributed by atoms with Gasteiger partial charge in [-0.25, -0.2) is 0 Å². The van der Waals surface area contributed by atoms with Crippen LogP contribution in [-0.2, 0) is 110 Å². The van der Waals surface area contributed by atoms with Gasteiger partial charge in [-0.2, -0.15) is 0 Å². The minimum atomic E-state index is -1.90. The molecule has 598 valence electrons. The SMILES string of the molecule is CC(C)OC(=O)C(CCO)CO[Si](C)(C)C(C)(C)C.CC(C)OC(=O)C(CCOCc1ccccc1)C(=O)OC(C)C.CC(C)OC(=O)C(CCOCc1ccccc1)CO[Si](C)(C)C(C)(C)C.CC(C)OC(=O)C(CO)CCOCc1ccccc1.CC(C)OC(=O)CC(=O)OC(C)C.CCCBr. The Morgan fingerprint density at radius 3 is 0.913 bits per heavy atom. The minimum Gasteiger partial charge on any atom is -0.463 e. The van der Waals surface area contributed by atoms with Crippen LogP contribution in [0.15, 0.2) is 91.0 Å². The summed E-state index contributed by atoms with van der Waals surface area (Å²) in [5.41, 5.74) is 3.26. The van der Waals surface area contributed by atoms with Gasteiger partial charge in [-0.15, -0.1) is 0 Å². The summed E-state index contributed by atoms with van der Waals surface area (Å²) in [5.74, 6) is -5.15. The quantitative estimate of drug-likeness (QED) is 0.0134. The number of carbonyl (C=O) groups is 7. The van der Waals surface area contributed by atoms with E-state index in [4.69, 9.17) is 66.4 Å². The van der Waals surface area contributed by atoms with Crippen molar-refractivity contribution >= 4 is 74.3 Å². The number of alkyl halides is 1. The Balaban J connectivity index is -0.00000123. The van der Waals surface area contributed by atoms with Crippen LogP contribution in [0, 0.1) is 23.7 Å². The predicted molar refractivity (Wildman–Crippen MR) is 418 cm³/mol. The van der Waals surface area contributed by atoms with Crippen LogP contribution >= 0.6 is 15.9 Å². The van der Waals surface area contributed by atoms with E-state index in [-0.39, 0.29) is 115 Å². The first kappa shape index (κ1) is 103. The molecule has 104 heavy (non-hydrogen) atoms. The minimum absolute atomic E-state index is 0.0290. The molecule has 3 aromatic rings. The summed E-state index contributed by atoms with van der Waals surface area (Å²) >= 11 is 3.25. The van der Waals surface area contributed by atoms with E-state index in [1.165, 1.54) is 6.42 Å². The topological polar surface area (TPSA) is 271 Å². The number of hydrogen-bond donors (Lipinski definition) is 2. The molecule has 0 amide bonds. The van der Waals surface area contributed by atoms with Crippen LogP contribution in [0.1, 0.15) is 201 Å². The Labute approximate surface area is 636 Å². The molecule has 2 N–H and O–H groups in total. The second kappa shape index (κ2) is 57.7. The molecule has 21 nitrogen and oxygen atoms in total. The number of ether oxygens (including phenoxy) is 10. The van der Waals surface area contributed by atoms with Gasteiger partial charge < -0.3 is 66.4 Å². The van der Waals surface area contributed by atoms with Crippen molar-refractivity contribution in [2.24, 2.45) is 23.7 Å². The molecule has 3 unspecified atom stereocenters. The fraction of sp³-hybridized carbons (Fsp3) is 0.688. The number of aliphatic hydroxyl groups is 2. The highest BCUT2D eigenvalue weighted by Gasteiger charge is 2.40. The Morgan fingerprint density at radius 2 is 0.654 bits per heavy atom. The maximum atomic E-state index is 12.4. The van der Waals surface area contributed by atoms with Crippen LogP contribution in [0.25, 0.3) is 0 Å². The molecule has 0 saturated carbocycles. The molecule has 0 spiro atoms. The Hall–Kier alpha value is -5.42. The van der Waals surface area contributed by atoms with Gasteiger partial charge in [0, 0.05) is 45.0 Å². The lowest BCUT2D eigenvalue weighted by molar-refractivity contribution is -0.168. The van der Waals surface area contributed by atoms with Crippen molar-refractivity contribution in [3.63, 3.8) is 0 Å². The third-order valence-corrected chi connectivity index (χ3v) is 25.0. The van der Waals surface area contributed by atoms with E-state index in [1.807, 2.05) is 119 Å². The van der Waals surface area contributed by atoms with Crippen molar-refractivity contribution < 1.29 is 100.0 Å². The Morgan fingerprint density at radius 1 is 0.394 bits per heavy atom. The number of benzene rings is 3. The smallest absolute Gasteiger partial charge is 0.320 e. The molecule has 3 aromatic carbocycles. The fourth-order valence-electron chi connectivity index (χ4n) is 7.65. The number of halogens is 1. The lowest BCUT2D eigenvalue weighted by Crippen LogP contribution is -2.43. The Bertz CT molecular complexity index is 2670. The zero-order valence-electron chi connectivity index (χ0n) is 68.1. The number of carbonyl (C=O) groups excluding carboxylic acids is 7. The third kappa shape index (κ3) is 54.2. The Kier molecular flexibility index (Phi) is 57.0. The molecule has 0 aliphatic carbocycles. The van der Waals surface area contributed by atoms with Gasteiger partial charge in [0.25, 0.3) is 0 Å². The maximum Gasteiger partial charge on any atom is 0.320 e. The number of esters is 7. The standard InChI is InChI=1S/C21H36O4Si.C18H26O5.C15H22O4.C14H30O4Si.C9H16O4.C3H7Br/c1-17(2)25-20(22)19(16-24-26(6,7)21(3,4)5)13-14-23-15-18-11-9-8-10-12-18;1-13(2)22-17(19)16(18(20)23-14(3)4)10-11-21-12-15-8-6-5-7-9-15;1-12(2)19-15(17)14(10-16)8-9-18-11-13-6-4-3-5-7-13;1-11(2)18-13(16)12(8-9-15)10-17-19(6,7)14(3,4)5;1-6(2)12-8(10)5-9(11)13-7(3)4;1-2-3-4/h8-12,17,19H,13-16H2,1-7H3;5-9,13-14,16H,10-12H2,1-4H3;3-7,12,14,16H,8-11H2,1-2H3;11-12,15H,8-10H2,1-7H3;6-7H,5H2,1-4H3;2-3H2,1H3. The molecule has 3 rings (SSSR count). The molecule has 24 heteroatoms. The van der Waals surface area contributed by atoms with Crippen LogP contribution in [0.5, 0.6) is 0 Å². The highest BCUT2D eigenvalue weighted by Crippen LogP contribution is 2.38. The van der Waals surface area contributed by atoms with E-state index in [0.717, 1.165) is 22.0 Å². The van der Waals surface area contributed by atoms with Gasteiger partial charge in [0.2, 0.25) is 0 Å². The van der Waals surface area contributed by atoms with E-state index in [9.17, 15) is 33.6 Å². The van der Waals surface area contributed by atoms with Crippen molar-refractivity contribution in [2.45, 2.75) is 283 Å². The van der Waals surface area contributed by atoms with E-state index in [0.29, 0.717) is 65.5 Å². The van der Waals surface area contributed by atoms with Crippen molar-refractivity contribution in [1.29, 1.82) is 0 Å². The monoisotopic (exact) mass is 1570 g/mol. The summed E-state index contributed by atoms with van der Waals surface area (Å²) in [4.78, 5) is 81.9. The van der Waals surface area contributed by atoms with Crippen LogP contribution in [0.4, 0.5) is 0 Å². The first-order chi connectivity index (χ1) is 48.4. The molecule has 0 radical (unpaired) electrons. The molecular weight excluding hydrogens is 1430 g/mol. The molecule has 0 aromatic heterocycles. The number of aliphatic hydroxyl groups excluding tert-OH is 2. The zero-order chi connectivity index (χ0) is 80.2. The summed E-state index contributed by atoms with van der Waals surface area (Å²) in [6, 6.07) is 29.6. The van der Waals surface area contributed by atoms with Gasteiger partial charge in [-0.3, -0.25) is 33.6 Å². The van der Waals surface area contributed by atoms with E-state index < -0.39 is 52.3 Å². The lowest BCUT2D eigenvalue weighted by atomic mass is 10.1.